The van der Waals surface area contributed by atoms with E-state index >= 15 is 0 Å². The second kappa shape index (κ2) is 11.7. The molecule has 4 aromatic rings. The van der Waals surface area contributed by atoms with Crippen LogP contribution in [-0.2, 0) is 17.7 Å². The van der Waals surface area contributed by atoms with Crippen LogP contribution in [-0.4, -0.2) is 43.0 Å². The Labute approximate surface area is 235 Å². The molecule has 0 atom stereocenters. The Morgan fingerprint density at radius 2 is 1.82 bits per heavy atom. The number of pyridine rings is 1. The summed E-state index contributed by atoms with van der Waals surface area (Å²) in [4.78, 5) is 44.6. The summed E-state index contributed by atoms with van der Waals surface area (Å²) in [5, 5.41) is 7.65. The molecule has 2 amide bonds. The predicted molar refractivity (Wildman–Crippen MR) is 154 cm³/mol. The second-order valence-electron chi connectivity index (χ2n) is 9.07. The van der Waals surface area contributed by atoms with E-state index in [4.69, 9.17) is 15.2 Å². The van der Waals surface area contributed by atoms with E-state index in [2.05, 4.69) is 21.7 Å². The number of esters is 1. The molecule has 0 unspecified atom stereocenters. The van der Waals surface area contributed by atoms with E-state index in [9.17, 15) is 14.4 Å². The number of nitrogens with two attached hydrogens (primary N) is 1. The van der Waals surface area contributed by atoms with Gasteiger partial charge in [0.05, 0.1) is 13.7 Å². The van der Waals surface area contributed by atoms with Gasteiger partial charge in [-0.3, -0.25) is 9.59 Å². The number of carbonyl (C=O) groups is 3. The maximum absolute atomic E-state index is 13.8. The van der Waals surface area contributed by atoms with Crippen LogP contribution >= 0.6 is 11.3 Å². The second-order valence-corrected chi connectivity index (χ2v) is 9.98. The molecule has 204 valence electrons. The summed E-state index contributed by atoms with van der Waals surface area (Å²) in [6, 6.07) is 16.0. The van der Waals surface area contributed by atoms with E-state index in [1.807, 2.05) is 17.5 Å². The van der Waals surface area contributed by atoms with Gasteiger partial charge in [-0.2, -0.15) is 0 Å². The van der Waals surface area contributed by atoms with Gasteiger partial charge in [-0.25, -0.2) is 9.78 Å². The monoisotopic (exact) mass is 556 g/mol. The Kier molecular flexibility index (Phi) is 7.90. The molecule has 5 rings (SSSR count). The Morgan fingerprint density at radius 1 is 1.02 bits per heavy atom. The molecule has 3 heterocycles. The summed E-state index contributed by atoms with van der Waals surface area (Å²) in [6.07, 6.45) is 0.730. The van der Waals surface area contributed by atoms with Crippen molar-refractivity contribution in [2.24, 2.45) is 5.73 Å². The Hall–Kier alpha value is -4.54. The number of nitrogens with zero attached hydrogens (tertiary/aromatic N) is 1. The number of hydrogen-bond donors (Lipinski definition) is 3. The molecule has 0 aliphatic carbocycles. The predicted octanol–water partition coefficient (Wildman–Crippen LogP) is 4.66. The highest BCUT2D eigenvalue weighted by Gasteiger charge is 2.27. The molecule has 4 N–H and O–H groups in total. The molecule has 0 saturated heterocycles. The Morgan fingerprint density at radius 3 is 2.55 bits per heavy atom. The van der Waals surface area contributed by atoms with E-state index < -0.39 is 11.9 Å². The van der Waals surface area contributed by atoms with Crippen molar-refractivity contribution in [3.8, 4) is 27.3 Å². The van der Waals surface area contributed by atoms with E-state index in [0.29, 0.717) is 47.8 Å². The van der Waals surface area contributed by atoms with Gasteiger partial charge in [-0.05, 0) is 65.9 Å². The van der Waals surface area contributed by atoms with Crippen LogP contribution in [0.4, 0.5) is 5.69 Å². The van der Waals surface area contributed by atoms with Crippen molar-refractivity contribution in [1.82, 2.24) is 10.3 Å². The number of methoxy groups -OCH3 is 1. The third kappa shape index (κ3) is 5.31. The maximum atomic E-state index is 13.8. The van der Waals surface area contributed by atoms with Gasteiger partial charge >= 0.3 is 5.97 Å². The molecule has 0 saturated carbocycles. The first-order valence-corrected chi connectivity index (χ1v) is 13.7. The van der Waals surface area contributed by atoms with Crippen LogP contribution in [0.3, 0.4) is 0 Å². The highest BCUT2D eigenvalue weighted by atomic mass is 32.1. The summed E-state index contributed by atoms with van der Waals surface area (Å²) in [5.41, 5.74) is 10.2. The molecule has 1 aliphatic rings. The highest BCUT2D eigenvalue weighted by Crippen LogP contribution is 2.43. The van der Waals surface area contributed by atoms with Gasteiger partial charge in [-0.15, -0.1) is 11.3 Å². The number of thiophene rings is 1. The Balaban J connectivity index is 1.68. The molecule has 0 spiro atoms. The normalized spacial score (nSPS) is 11.9. The lowest BCUT2D eigenvalue weighted by Crippen LogP contribution is -2.24. The van der Waals surface area contributed by atoms with Crippen LogP contribution in [0.1, 0.15) is 49.4 Å². The van der Waals surface area contributed by atoms with Gasteiger partial charge in [0.1, 0.15) is 11.4 Å². The SMILES string of the molecule is CCNC(=O)c1ccc(-c2cc3c(cc2C(=O)Nc2ccc(CN)cc2)-c2sccc2CCO3)c(C(=O)OC)n1. The molecule has 0 fully saturated rings. The fourth-order valence-corrected chi connectivity index (χ4v) is 5.53. The molecule has 10 heteroatoms. The van der Waals surface area contributed by atoms with Crippen molar-refractivity contribution in [2.45, 2.75) is 19.9 Å². The number of ether oxygens (including phenoxy) is 2. The van der Waals surface area contributed by atoms with Crippen LogP contribution in [0.2, 0.25) is 0 Å². The third-order valence-electron chi connectivity index (χ3n) is 6.57. The van der Waals surface area contributed by atoms with Gasteiger partial charge in [0.25, 0.3) is 11.8 Å². The first-order valence-electron chi connectivity index (χ1n) is 12.8. The largest absolute Gasteiger partial charge is 0.493 e. The van der Waals surface area contributed by atoms with Gasteiger partial charge in [0.15, 0.2) is 5.69 Å². The molecule has 0 bridgehead atoms. The van der Waals surface area contributed by atoms with Crippen molar-refractivity contribution in [2.75, 3.05) is 25.6 Å². The third-order valence-corrected chi connectivity index (χ3v) is 7.56. The molecule has 9 nitrogen and oxygen atoms in total. The summed E-state index contributed by atoms with van der Waals surface area (Å²) in [6.45, 7) is 3.05. The first-order chi connectivity index (χ1) is 19.4. The lowest BCUT2D eigenvalue weighted by molar-refractivity contribution is 0.0594. The van der Waals surface area contributed by atoms with Gasteiger partial charge in [0, 0.05) is 52.3 Å². The lowest BCUT2D eigenvalue weighted by Gasteiger charge is -2.17. The number of benzene rings is 2. The Bertz CT molecular complexity index is 1600. The average Bonchev–Trinajstić information content (AvgIpc) is 3.38. The van der Waals surface area contributed by atoms with Crippen LogP contribution in [0.5, 0.6) is 5.75 Å². The van der Waals surface area contributed by atoms with Crippen LogP contribution < -0.4 is 21.1 Å². The molecular formula is C30H28N4O5S. The average molecular weight is 557 g/mol. The number of nitrogens with one attached hydrogen (secondary N) is 2. The zero-order chi connectivity index (χ0) is 28.2. The number of amides is 2. The maximum Gasteiger partial charge on any atom is 0.357 e. The summed E-state index contributed by atoms with van der Waals surface area (Å²) in [5.74, 6) is -0.956. The van der Waals surface area contributed by atoms with Crippen LogP contribution in [0.15, 0.2) is 60.0 Å². The lowest BCUT2D eigenvalue weighted by atomic mass is 9.93. The summed E-state index contributed by atoms with van der Waals surface area (Å²) in [7, 11) is 1.24. The van der Waals surface area contributed by atoms with Crippen LogP contribution in [0, 0.1) is 0 Å². The van der Waals surface area contributed by atoms with Crippen molar-refractivity contribution in [3.05, 3.63) is 88.1 Å². The molecular weight excluding hydrogens is 528 g/mol. The van der Waals surface area contributed by atoms with Crippen molar-refractivity contribution in [1.29, 1.82) is 0 Å². The van der Waals surface area contributed by atoms with Crippen molar-refractivity contribution < 1.29 is 23.9 Å². The minimum atomic E-state index is -0.735. The van der Waals surface area contributed by atoms with Crippen LogP contribution in [0.25, 0.3) is 21.6 Å². The fourth-order valence-electron chi connectivity index (χ4n) is 4.56. The fraction of sp³-hybridized carbons (Fsp3) is 0.200. The number of fused-ring (bicyclic) bond motifs is 3. The number of rotatable bonds is 7. The minimum Gasteiger partial charge on any atom is -0.493 e. The molecule has 2 aromatic carbocycles. The molecule has 40 heavy (non-hydrogen) atoms. The van der Waals surface area contributed by atoms with Gasteiger partial charge in [-0.1, -0.05) is 12.1 Å². The van der Waals surface area contributed by atoms with Gasteiger partial charge < -0.3 is 25.8 Å². The van der Waals surface area contributed by atoms with E-state index in [1.165, 1.54) is 13.2 Å². The standard InChI is InChI=1S/C30H28N4O5S/c1-3-32-29(36)24-9-8-20(26(34-24)30(37)38-2)21-15-25-23(27-18(10-12-39-25)11-13-40-27)14-22(21)28(35)33-19-6-4-17(16-31)5-7-19/h4-9,11,13-15H,3,10,12,16,31H2,1-2H3,(H,32,36)(H,33,35). The zero-order valence-electron chi connectivity index (χ0n) is 22.1. The number of aromatic nitrogens is 1. The number of anilines is 1. The topological polar surface area (TPSA) is 133 Å². The first kappa shape index (κ1) is 27.0. The van der Waals surface area contributed by atoms with Crippen molar-refractivity contribution in [3.63, 3.8) is 0 Å². The smallest absolute Gasteiger partial charge is 0.357 e. The summed E-state index contributed by atoms with van der Waals surface area (Å²) >= 11 is 1.58. The minimum absolute atomic E-state index is 0.0613. The summed E-state index contributed by atoms with van der Waals surface area (Å²) < 4.78 is 11.1. The van der Waals surface area contributed by atoms with E-state index in [1.54, 1.807) is 48.6 Å². The molecule has 2 aromatic heterocycles. The zero-order valence-corrected chi connectivity index (χ0v) is 22.9. The van der Waals surface area contributed by atoms with E-state index in [-0.39, 0.29) is 17.3 Å². The molecule has 1 aliphatic heterocycles. The number of hydrogen-bond acceptors (Lipinski definition) is 8. The van der Waals surface area contributed by atoms with E-state index in [0.717, 1.165) is 28.0 Å². The number of carbonyl (C=O) groups excluding carboxylic acids is 3. The quantitative estimate of drug-likeness (QED) is 0.282. The highest BCUT2D eigenvalue weighted by molar-refractivity contribution is 7.13. The van der Waals surface area contributed by atoms with Crippen molar-refractivity contribution >= 4 is 34.8 Å². The van der Waals surface area contributed by atoms with Gasteiger partial charge in [0.2, 0.25) is 0 Å². The molecule has 0 radical (unpaired) electrons.